The first-order valence-corrected chi connectivity index (χ1v) is 5.46. The Morgan fingerprint density at radius 2 is 1.87 bits per heavy atom. The standard InChI is InChI=1S/C10H18N2O2.ClH/c13-9(14)12-8-2-1-3-10(12)4-6-11-7-5-10;/h11H,1-8H2,(H,13,14);1H. The molecule has 2 aliphatic heterocycles. The van der Waals surface area contributed by atoms with E-state index in [1.54, 1.807) is 4.90 Å². The molecular weight excluding hydrogens is 216 g/mol. The van der Waals surface area contributed by atoms with Gasteiger partial charge in [0, 0.05) is 12.1 Å². The lowest BCUT2D eigenvalue weighted by molar-refractivity contribution is 0.0271. The summed E-state index contributed by atoms with van der Waals surface area (Å²) in [7, 11) is 0. The van der Waals surface area contributed by atoms with Gasteiger partial charge in [0.15, 0.2) is 0 Å². The van der Waals surface area contributed by atoms with Gasteiger partial charge in [0.05, 0.1) is 0 Å². The zero-order valence-corrected chi connectivity index (χ0v) is 9.68. The third-order valence-electron chi connectivity index (χ3n) is 3.61. The zero-order chi connectivity index (χ0) is 10.0. The largest absolute Gasteiger partial charge is 0.465 e. The number of rotatable bonds is 0. The number of nitrogens with one attached hydrogen (secondary N) is 1. The summed E-state index contributed by atoms with van der Waals surface area (Å²) >= 11 is 0. The third kappa shape index (κ3) is 2.37. The second-order valence-corrected chi connectivity index (χ2v) is 4.37. The predicted octanol–water partition coefficient (Wildman–Crippen LogP) is 1.69. The van der Waals surface area contributed by atoms with Crippen LogP contribution in [0, 0.1) is 0 Å². The van der Waals surface area contributed by atoms with E-state index < -0.39 is 6.09 Å². The second-order valence-electron chi connectivity index (χ2n) is 4.37. The molecule has 5 heteroatoms. The average molecular weight is 235 g/mol. The van der Waals surface area contributed by atoms with E-state index in [-0.39, 0.29) is 17.9 Å². The highest BCUT2D eigenvalue weighted by Crippen LogP contribution is 2.35. The summed E-state index contributed by atoms with van der Waals surface area (Å²) < 4.78 is 0. The van der Waals surface area contributed by atoms with Crippen molar-refractivity contribution in [2.24, 2.45) is 0 Å². The van der Waals surface area contributed by atoms with Gasteiger partial charge in [-0.1, -0.05) is 0 Å². The molecule has 15 heavy (non-hydrogen) atoms. The van der Waals surface area contributed by atoms with Gasteiger partial charge in [-0.25, -0.2) is 4.79 Å². The van der Waals surface area contributed by atoms with Crippen LogP contribution in [-0.2, 0) is 0 Å². The molecule has 2 fully saturated rings. The predicted molar refractivity (Wildman–Crippen MR) is 60.7 cm³/mol. The number of carboxylic acid groups (broad SMARTS) is 1. The molecule has 2 saturated heterocycles. The molecule has 0 atom stereocenters. The molecule has 1 amide bonds. The summed E-state index contributed by atoms with van der Waals surface area (Å²) in [6, 6.07) is 0. The number of carbonyl (C=O) groups is 1. The zero-order valence-electron chi connectivity index (χ0n) is 8.87. The molecule has 1 spiro atoms. The van der Waals surface area contributed by atoms with E-state index in [9.17, 15) is 4.79 Å². The summed E-state index contributed by atoms with van der Waals surface area (Å²) in [5.41, 5.74) is -0.0324. The maximum Gasteiger partial charge on any atom is 0.407 e. The SMILES string of the molecule is Cl.O=C(O)N1CCCCC12CCNCC2. The second kappa shape index (κ2) is 5.03. The van der Waals surface area contributed by atoms with Crippen LogP contribution in [0.3, 0.4) is 0 Å². The van der Waals surface area contributed by atoms with E-state index in [0.717, 1.165) is 45.3 Å². The fraction of sp³-hybridized carbons (Fsp3) is 0.900. The van der Waals surface area contributed by atoms with Crippen molar-refractivity contribution < 1.29 is 9.90 Å². The van der Waals surface area contributed by atoms with Crippen molar-refractivity contribution in [3.8, 4) is 0 Å². The van der Waals surface area contributed by atoms with Crippen molar-refractivity contribution in [1.82, 2.24) is 10.2 Å². The van der Waals surface area contributed by atoms with Crippen molar-refractivity contribution in [3.05, 3.63) is 0 Å². The average Bonchev–Trinajstić information content (AvgIpc) is 2.19. The van der Waals surface area contributed by atoms with Crippen molar-refractivity contribution in [3.63, 3.8) is 0 Å². The molecule has 2 rings (SSSR count). The number of hydrogen-bond donors (Lipinski definition) is 2. The van der Waals surface area contributed by atoms with Gasteiger partial charge in [0.2, 0.25) is 0 Å². The highest BCUT2D eigenvalue weighted by Gasteiger charge is 2.42. The molecule has 0 aromatic rings. The van der Waals surface area contributed by atoms with Gasteiger partial charge in [0.25, 0.3) is 0 Å². The van der Waals surface area contributed by atoms with Gasteiger partial charge in [-0.15, -0.1) is 12.4 Å². The van der Waals surface area contributed by atoms with Crippen molar-refractivity contribution >= 4 is 18.5 Å². The highest BCUT2D eigenvalue weighted by atomic mass is 35.5. The smallest absolute Gasteiger partial charge is 0.407 e. The maximum absolute atomic E-state index is 11.1. The van der Waals surface area contributed by atoms with E-state index in [4.69, 9.17) is 5.11 Å². The van der Waals surface area contributed by atoms with Crippen LogP contribution in [0.1, 0.15) is 32.1 Å². The molecule has 0 bridgehead atoms. The minimum absolute atomic E-state index is 0. The minimum Gasteiger partial charge on any atom is -0.465 e. The van der Waals surface area contributed by atoms with Crippen LogP contribution >= 0.6 is 12.4 Å². The van der Waals surface area contributed by atoms with E-state index in [1.165, 1.54) is 6.42 Å². The number of hydrogen-bond acceptors (Lipinski definition) is 2. The molecule has 2 heterocycles. The fourth-order valence-corrected chi connectivity index (χ4v) is 2.81. The van der Waals surface area contributed by atoms with Crippen LogP contribution in [-0.4, -0.2) is 41.3 Å². The Hall–Kier alpha value is -0.480. The van der Waals surface area contributed by atoms with Gasteiger partial charge in [-0.05, 0) is 45.2 Å². The first-order chi connectivity index (χ1) is 6.75. The number of amides is 1. The first kappa shape index (κ1) is 12.6. The Balaban J connectivity index is 0.00000112. The van der Waals surface area contributed by atoms with Crippen molar-refractivity contribution in [1.29, 1.82) is 0 Å². The van der Waals surface area contributed by atoms with E-state index in [2.05, 4.69) is 5.32 Å². The van der Waals surface area contributed by atoms with Crippen LogP contribution in [0.2, 0.25) is 0 Å². The normalized spacial score (nSPS) is 24.7. The maximum atomic E-state index is 11.1. The highest BCUT2D eigenvalue weighted by molar-refractivity contribution is 5.85. The number of likely N-dealkylation sites (tertiary alicyclic amines) is 1. The van der Waals surface area contributed by atoms with E-state index >= 15 is 0 Å². The molecule has 0 aromatic heterocycles. The topological polar surface area (TPSA) is 52.6 Å². The fourth-order valence-electron chi connectivity index (χ4n) is 2.81. The molecule has 2 N–H and O–H groups in total. The van der Waals surface area contributed by atoms with Gasteiger partial charge in [-0.3, -0.25) is 0 Å². The Labute approximate surface area is 96.4 Å². The van der Waals surface area contributed by atoms with Gasteiger partial charge in [-0.2, -0.15) is 0 Å². The molecular formula is C10H19ClN2O2. The quantitative estimate of drug-likeness (QED) is 0.671. The van der Waals surface area contributed by atoms with Crippen LogP contribution in [0.5, 0.6) is 0 Å². The Bertz CT molecular complexity index is 221. The van der Waals surface area contributed by atoms with Crippen LogP contribution in [0.4, 0.5) is 4.79 Å². The number of nitrogens with zero attached hydrogens (tertiary/aromatic N) is 1. The Morgan fingerprint density at radius 1 is 1.20 bits per heavy atom. The summed E-state index contributed by atoms with van der Waals surface area (Å²) in [6.45, 7) is 2.66. The molecule has 0 saturated carbocycles. The number of halogens is 1. The summed E-state index contributed by atoms with van der Waals surface area (Å²) in [4.78, 5) is 12.8. The summed E-state index contributed by atoms with van der Waals surface area (Å²) in [5, 5.41) is 12.5. The van der Waals surface area contributed by atoms with Crippen LogP contribution < -0.4 is 5.32 Å². The lowest BCUT2D eigenvalue weighted by Gasteiger charge is -2.48. The lowest BCUT2D eigenvalue weighted by atomic mass is 9.79. The van der Waals surface area contributed by atoms with Crippen LogP contribution in [0.25, 0.3) is 0 Å². The molecule has 88 valence electrons. The van der Waals surface area contributed by atoms with E-state index in [0.29, 0.717) is 0 Å². The number of piperidine rings is 2. The molecule has 0 aliphatic carbocycles. The lowest BCUT2D eigenvalue weighted by Crippen LogP contribution is -2.58. The van der Waals surface area contributed by atoms with Crippen LogP contribution in [0.15, 0.2) is 0 Å². The monoisotopic (exact) mass is 234 g/mol. The third-order valence-corrected chi connectivity index (χ3v) is 3.61. The Kier molecular flexibility index (Phi) is 4.22. The van der Waals surface area contributed by atoms with Gasteiger partial charge in [0.1, 0.15) is 0 Å². The van der Waals surface area contributed by atoms with Crippen molar-refractivity contribution in [2.75, 3.05) is 19.6 Å². The molecule has 0 radical (unpaired) electrons. The van der Waals surface area contributed by atoms with E-state index in [1.807, 2.05) is 0 Å². The summed E-state index contributed by atoms with van der Waals surface area (Å²) in [6.07, 6.45) is 4.51. The first-order valence-electron chi connectivity index (χ1n) is 5.46. The molecule has 2 aliphatic rings. The molecule has 0 unspecified atom stereocenters. The summed E-state index contributed by atoms with van der Waals surface area (Å²) in [5.74, 6) is 0. The van der Waals surface area contributed by atoms with Gasteiger partial charge < -0.3 is 15.3 Å². The Morgan fingerprint density at radius 3 is 2.47 bits per heavy atom. The van der Waals surface area contributed by atoms with Gasteiger partial charge >= 0.3 is 6.09 Å². The van der Waals surface area contributed by atoms with Crippen molar-refractivity contribution in [2.45, 2.75) is 37.6 Å². The minimum atomic E-state index is -0.730. The molecule has 4 nitrogen and oxygen atoms in total. The molecule has 0 aromatic carbocycles.